The van der Waals surface area contributed by atoms with Gasteiger partial charge in [0.2, 0.25) is 0 Å². The van der Waals surface area contributed by atoms with E-state index in [4.69, 9.17) is 4.42 Å². The molecule has 0 unspecified atom stereocenters. The number of rotatable bonds is 7. The molecule has 0 bridgehead atoms. The number of benzene rings is 11. The van der Waals surface area contributed by atoms with Crippen LogP contribution in [-0.2, 0) is 0 Å². The van der Waals surface area contributed by atoms with E-state index in [1.807, 2.05) is 0 Å². The predicted molar refractivity (Wildman–Crippen MR) is 274 cm³/mol. The van der Waals surface area contributed by atoms with Crippen LogP contribution in [0.5, 0.6) is 0 Å². The third-order valence-corrected chi connectivity index (χ3v) is 13.2. The summed E-state index contributed by atoms with van der Waals surface area (Å²) < 4.78 is 8.84. The Morgan fingerprint density at radius 1 is 0.323 bits per heavy atom. The van der Waals surface area contributed by atoms with Crippen molar-refractivity contribution in [3.05, 3.63) is 243 Å². The molecule has 0 saturated heterocycles. The average molecular weight is 829 g/mol. The molecule has 11 aromatic carbocycles. The molecule has 0 fully saturated rings. The number of furan rings is 1. The number of aromatic nitrogens is 1. The summed E-state index contributed by atoms with van der Waals surface area (Å²) in [7, 11) is 0. The topological polar surface area (TPSA) is 21.3 Å². The minimum atomic E-state index is 0.898. The standard InChI is InChI=1S/C62H40N2O/c1-2-14-45-38-48(25-24-41(45)12-1)52-17-5-8-21-58(52)63(50-34-28-43(29-35-50)47-31-37-61-57(40-47)56-36-30-44-13-3-4-18-53(44)62(56)65-61)49-32-26-42(27-33-49)46-15-11-16-51(39-46)64-59-22-9-6-19-54(59)55-20-7-10-23-60(55)64/h1-40H. The zero-order valence-electron chi connectivity index (χ0n) is 35.4. The summed E-state index contributed by atoms with van der Waals surface area (Å²) >= 11 is 0. The Morgan fingerprint density at radius 3 is 1.63 bits per heavy atom. The van der Waals surface area contributed by atoms with Gasteiger partial charge in [0.15, 0.2) is 0 Å². The largest absolute Gasteiger partial charge is 0.455 e. The quantitative estimate of drug-likeness (QED) is 0.160. The molecule has 0 N–H and O–H groups in total. The molecular weight excluding hydrogens is 789 g/mol. The van der Waals surface area contributed by atoms with Gasteiger partial charge in [-0.3, -0.25) is 0 Å². The van der Waals surface area contributed by atoms with Gasteiger partial charge in [-0.2, -0.15) is 0 Å². The minimum Gasteiger partial charge on any atom is -0.455 e. The predicted octanol–water partition coefficient (Wildman–Crippen LogP) is 17.5. The van der Waals surface area contributed by atoms with Crippen LogP contribution in [0.1, 0.15) is 0 Å². The lowest BCUT2D eigenvalue weighted by Gasteiger charge is -2.28. The highest BCUT2D eigenvalue weighted by atomic mass is 16.3. The van der Waals surface area contributed by atoms with Crippen molar-refractivity contribution in [1.29, 1.82) is 0 Å². The summed E-state index contributed by atoms with van der Waals surface area (Å²) in [4.78, 5) is 2.39. The van der Waals surface area contributed by atoms with Crippen molar-refractivity contribution >= 4 is 82.4 Å². The second-order valence-corrected chi connectivity index (χ2v) is 16.9. The van der Waals surface area contributed by atoms with Gasteiger partial charge in [0, 0.05) is 49.6 Å². The Hall–Kier alpha value is -8.66. The summed E-state index contributed by atoms with van der Waals surface area (Å²) in [6.07, 6.45) is 0. The summed E-state index contributed by atoms with van der Waals surface area (Å²) in [6, 6.07) is 87.8. The van der Waals surface area contributed by atoms with Crippen molar-refractivity contribution in [1.82, 2.24) is 4.57 Å². The molecular formula is C62H40N2O. The van der Waals surface area contributed by atoms with Crippen LogP contribution in [0.25, 0.3) is 104 Å². The van der Waals surface area contributed by atoms with E-state index in [1.54, 1.807) is 0 Å². The van der Waals surface area contributed by atoms with Gasteiger partial charge in [0.1, 0.15) is 11.2 Å². The van der Waals surface area contributed by atoms with E-state index in [9.17, 15) is 0 Å². The van der Waals surface area contributed by atoms with Crippen molar-refractivity contribution in [2.45, 2.75) is 0 Å². The Bertz CT molecular complexity index is 3900. The van der Waals surface area contributed by atoms with Gasteiger partial charge in [0.05, 0.1) is 16.7 Å². The van der Waals surface area contributed by atoms with Crippen molar-refractivity contribution in [2.75, 3.05) is 4.90 Å². The maximum Gasteiger partial charge on any atom is 0.143 e. The van der Waals surface area contributed by atoms with Gasteiger partial charge in [-0.15, -0.1) is 0 Å². The smallest absolute Gasteiger partial charge is 0.143 e. The maximum atomic E-state index is 6.46. The molecule has 0 amide bonds. The van der Waals surface area contributed by atoms with Gasteiger partial charge in [-0.05, 0) is 123 Å². The monoisotopic (exact) mass is 828 g/mol. The highest BCUT2D eigenvalue weighted by molar-refractivity contribution is 6.15. The lowest BCUT2D eigenvalue weighted by molar-refractivity contribution is 0.672. The van der Waals surface area contributed by atoms with Gasteiger partial charge in [-0.1, -0.05) is 164 Å². The van der Waals surface area contributed by atoms with Crippen molar-refractivity contribution in [2.24, 2.45) is 0 Å². The number of nitrogens with zero attached hydrogens (tertiary/aromatic N) is 2. The van der Waals surface area contributed by atoms with E-state index in [0.29, 0.717) is 0 Å². The molecule has 0 aliphatic heterocycles. The first-order chi connectivity index (χ1) is 32.2. The first-order valence-corrected chi connectivity index (χ1v) is 22.2. The minimum absolute atomic E-state index is 0.898. The van der Waals surface area contributed by atoms with E-state index in [0.717, 1.165) is 72.3 Å². The molecule has 0 spiro atoms. The molecule has 0 atom stereocenters. The Labute approximate surface area is 376 Å². The molecule has 2 heterocycles. The number of hydrogen-bond acceptors (Lipinski definition) is 2. The van der Waals surface area contributed by atoms with Crippen LogP contribution in [0, 0.1) is 0 Å². The first-order valence-electron chi connectivity index (χ1n) is 22.2. The Kier molecular flexibility index (Phi) is 8.53. The number of para-hydroxylation sites is 3. The van der Waals surface area contributed by atoms with Crippen LogP contribution in [-0.4, -0.2) is 4.57 Å². The second kappa shape index (κ2) is 15.0. The van der Waals surface area contributed by atoms with Crippen LogP contribution in [0.3, 0.4) is 0 Å². The molecule has 13 aromatic rings. The molecule has 13 rings (SSSR count). The molecule has 3 nitrogen and oxygen atoms in total. The number of anilines is 3. The summed E-state index contributed by atoms with van der Waals surface area (Å²) in [5.74, 6) is 0. The molecule has 0 radical (unpaired) electrons. The van der Waals surface area contributed by atoms with Crippen LogP contribution in [0.4, 0.5) is 17.1 Å². The van der Waals surface area contributed by atoms with Gasteiger partial charge < -0.3 is 13.9 Å². The Morgan fingerprint density at radius 2 is 0.892 bits per heavy atom. The second-order valence-electron chi connectivity index (χ2n) is 16.9. The normalized spacial score (nSPS) is 11.7. The zero-order valence-corrected chi connectivity index (χ0v) is 35.4. The van der Waals surface area contributed by atoms with Gasteiger partial charge in [-0.25, -0.2) is 0 Å². The van der Waals surface area contributed by atoms with E-state index >= 15 is 0 Å². The SMILES string of the molecule is c1cc(-c2ccc(N(c3ccc(-c4ccc5oc6c7ccccc7ccc6c5c4)cc3)c3ccccc3-c3ccc4ccccc4c3)cc2)cc(-n2c3ccccc3c3ccccc32)c1. The van der Waals surface area contributed by atoms with E-state index < -0.39 is 0 Å². The fourth-order valence-corrected chi connectivity index (χ4v) is 10.0. The molecule has 2 aromatic heterocycles. The summed E-state index contributed by atoms with van der Waals surface area (Å²) in [5, 5.41) is 9.55. The molecule has 3 heteroatoms. The molecule has 0 aliphatic carbocycles. The van der Waals surface area contributed by atoms with E-state index in [1.165, 1.54) is 49.1 Å². The maximum absolute atomic E-state index is 6.46. The average Bonchev–Trinajstić information content (AvgIpc) is 3.93. The molecule has 65 heavy (non-hydrogen) atoms. The fraction of sp³-hybridized carbons (Fsp3) is 0. The molecule has 0 saturated carbocycles. The molecule has 304 valence electrons. The third kappa shape index (κ3) is 6.20. The highest BCUT2D eigenvalue weighted by Gasteiger charge is 2.19. The van der Waals surface area contributed by atoms with Crippen LogP contribution < -0.4 is 4.90 Å². The number of hydrogen-bond donors (Lipinski definition) is 0. The van der Waals surface area contributed by atoms with Crippen molar-refractivity contribution in [3.8, 4) is 39.1 Å². The Balaban J connectivity index is 0.907. The van der Waals surface area contributed by atoms with Gasteiger partial charge in [0.25, 0.3) is 0 Å². The third-order valence-electron chi connectivity index (χ3n) is 13.2. The lowest BCUT2D eigenvalue weighted by atomic mass is 9.98. The highest BCUT2D eigenvalue weighted by Crippen LogP contribution is 2.43. The zero-order chi connectivity index (χ0) is 42.8. The van der Waals surface area contributed by atoms with E-state index in [-0.39, 0.29) is 0 Å². The summed E-state index contributed by atoms with van der Waals surface area (Å²) in [6.45, 7) is 0. The van der Waals surface area contributed by atoms with E-state index in [2.05, 4.69) is 252 Å². The van der Waals surface area contributed by atoms with Crippen molar-refractivity contribution in [3.63, 3.8) is 0 Å². The number of fused-ring (bicyclic) bond motifs is 9. The van der Waals surface area contributed by atoms with Crippen molar-refractivity contribution < 1.29 is 4.42 Å². The van der Waals surface area contributed by atoms with Crippen LogP contribution in [0.15, 0.2) is 247 Å². The fourth-order valence-electron chi connectivity index (χ4n) is 10.0. The van der Waals surface area contributed by atoms with Crippen LogP contribution in [0.2, 0.25) is 0 Å². The summed E-state index contributed by atoms with van der Waals surface area (Å²) in [5.41, 5.74) is 15.6. The first kappa shape index (κ1) is 36.9. The van der Waals surface area contributed by atoms with Crippen LogP contribution >= 0.6 is 0 Å². The lowest BCUT2D eigenvalue weighted by Crippen LogP contribution is -2.11. The van der Waals surface area contributed by atoms with Gasteiger partial charge >= 0.3 is 0 Å². The molecule has 0 aliphatic rings.